The molecule has 1 heterocycles. The van der Waals surface area contributed by atoms with E-state index in [0.29, 0.717) is 6.04 Å². The van der Waals surface area contributed by atoms with E-state index in [-0.39, 0.29) is 0 Å². The number of nitrogens with one attached hydrogen (secondary N) is 1. The highest BCUT2D eigenvalue weighted by molar-refractivity contribution is 7.10. The fourth-order valence-corrected chi connectivity index (χ4v) is 2.37. The molecule has 0 saturated carbocycles. The van der Waals surface area contributed by atoms with Crippen LogP contribution in [0.4, 0.5) is 0 Å². The lowest BCUT2D eigenvalue weighted by Gasteiger charge is -2.14. The lowest BCUT2D eigenvalue weighted by molar-refractivity contribution is 0.403. The van der Waals surface area contributed by atoms with Crippen molar-refractivity contribution in [3.8, 4) is 18.1 Å². The van der Waals surface area contributed by atoms with Crippen LogP contribution in [-0.4, -0.2) is 14.2 Å². The average Bonchev–Trinajstić information content (AvgIpc) is 2.67. The maximum atomic E-state index is 5.27. The van der Waals surface area contributed by atoms with Gasteiger partial charge in [-0.05, 0) is 24.9 Å². The van der Waals surface area contributed by atoms with E-state index in [9.17, 15) is 0 Å². The molecule has 1 aromatic rings. The lowest BCUT2D eigenvalue weighted by Crippen LogP contribution is -2.15. The van der Waals surface area contributed by atoms with Gasteiger partial charge in [0.15, 0.2) is 0 Å². The Morgan fingerprint density at radius 1 is 1.71 bits per heavy atom. The third-order valence-corrected chi connectivity index (χ3v) is 3.13. The first kappa shape index (κ1) is 11.1. The van der Waals surface area contributed by atoms with Gasteiger partial charge in [-0.15, -0.1) is 23.7 Å². The number of terminal acetylenes is 1. The number of rotatable bonds is 5. The number of thiophene rings is 1. The zero-order valence-corrected chi connectivity index (χ0v) is 9.36. The summed E-state index contributed by atoms with van der Waals surface area (Å²) < 4.78 is 5.27. The summed E-state index contributed by atoms with van der Waals surface area (Å²) in [4.78, 5) is 1.23. The summed E-state index contributed by atoms with van der Waals surface area (Å²) in [6, 6.07) is 2.29. The van der Waals surface area contributed by atoms with Crippen molar-refractivity contribution in [1.82, 2.24) is 5.32 Å². The van der Waals surface area contributed by atoms with Crippen LogP contribution in [0.5, 0.6) is 5.75 Å². The highest BCUT2D eigenvalue weighted by Gasteiger charge is 2.14. The maximum Gasteiger partial charge on any atom is 0.134 e. The molecule has 0 aliphatic rings. The third kappa shape index (κ3) is 2.50. The molecule has 0 radical (unpaired) electrons. The molecular formula is C11H15NOS. The Balaban J connectivity index is 2.73. The van der Waals surface area contributed by atoms with Crippen LogP contribution in [0.3, 0.4) is 0 Å². The summed E-state index contributed by atoms with van der Waals surface area (Å²) in [5, 5.41) is 5.28. The summed E-state index contributed by atoms with van der Waals surface area (Å²) >= 11 is 1.70. The van der Waals surface area contributed by atoms with Crippen molar-refractivity contribution < 1.29 is 4.74 Å². The van der Waals surface area contributed by atoms with Crippen LogP contribution in [0.2, 0.25) is 0 Å². The minimum absolute atomic E-state index is 0.306. The first-order chi connectivity index (χ1) is 6.83. The van der Waals surface area contributed by atoms with E-state index in [1.54, 1.807) is 18.4 Å². The van der Waals surface area contributed by atoms with Gasteiger partial charge >= 0.3 is 0 Å². The molecule has 1 unspecified atom stereocenters. The minimum Gasteiger partial charge on any atom is -0.496 e. The van der Waals surface area contributed by atoms with Crippen LogP contribution in [-0.2, 0) is 0 Å². The zero-order chi connectivity index (χ0) is 10.4. The number of methoxy groups -OCH3 is 1. The van der Waals surface area contributed by atoms with E-state index in [1.165, 1.54) is 4.88 Å². The molecule has 2 nitrogen and oxygen atoms in total. The second-order valence-electron chi connectivity index (χ2n) is 2.94. The molecule has 1 atom stereocenters. The number of ether oxygens (including phenoxy) is 1. The molecular weight excluding hydrogens is 194 g/mol. The van der Waals surface area contributed by atoms with Gasteiger partial charge in [-0.3, -0.25) is 0 Å². The van der Waals surface area contributed by atoms with Crippen molar-refractivity contribution in [2.75, 3.05) is 14.2 Å². The van der Waals surface area contributed by atoms with Gasteiger partial charge in [0.1, 0.15) is 5.75 Å². The van der Waals surface area contributed by atoms with Crippen molar-refractivity contribution in [1.29, 1.82) is 0 Å². The molecule has 1 rings (SSSR count). The predicted octanol–water partition coefficient (Wildman–Crippen LogP) is 2.43. The largest absolute Gasteiger partial charge is 0.496 e. The van der Waals surface area contributed by atoms with Crippen LogP contribution in [0.25, 0.3) is 0 Å². The second kappa shape index (κ2) is 5.69. The zero-order valence-electron chi connectivity index (χ0n) is 8.54. The molecule has 76 valence electrons. The summed E-state index contributed by atoms with van der Waals surface area (Å²) in [5.41, 5.74) is 0. The molecule has 1 N–H and O–H groups in total. The Morgan fingerprint density at radius 2 is 2.50 bits per heavy atom. The van der Waals surface area contributed by atoms with Gasteiger partial charge in [-0.25, -0.2) is 0 Å². The van der Waals surface area contributed by atoms with Crippen molar-refractivity contribution in [3.05, 3.63) is 16.3 Å². The van der Waals surface area contributed by atoms with Crippen molar-refractivity contribution in [2.45, 2.75) is 18.9 Å². The summed E-state index contributed by atoms with van der Waals surface area (Å²) in [6.07, 6.45) is 6.98. The molecule has 0 spiro atoms. The van der Waals surface area contributed by atoms with Crippen molar-refractivity contribution in [3.63, 3.8) is 0 Å². The van der Waals surface area contributed by atoms with Crippen molar-refractivity contribution >= 4 is 11.3 Å². The van der Waals surface area contributed by atoms with Gasteiger partial charge in [0.25, 0.3) is 0 Å². The van der Waals surface area contributed by atoms with Gasteiger partial charge in [0.05, 0.1) is 12.0 Å². The fraction of sp³-hybridized carbons (Fsp3) is 0.455. The number of hydrogen-bond donors (Lipinski definition) is 1. The van der Waals surface area contributed by atoms with Gasteiger partial charge in [0, 0.05) is 12.5 Å². The fourth-order valence-electron chi connectivity index (χ4n) is 1.37. The van der Waals surface area contributed by atoms with E-state index < -0.39 is 0 Å². The van der Waals surface area contributed by atoms with E-state index in [0.717, 1.165) is 18.6 Å². The van der Waals surface area contributed by atoms with Gasteiger partial charge < -0.3 is 10.1 Å². The van der Waals surface area contributed by atoms with Crippen LogP contribution in [0, 0.1) is 12.3 Å². The Labute approximate surface area is 89.3 Å². The van der Waals surface area contributed by atoms with Crippen LogP contribution >= 0.6 is 11.3 Å². The molecule has 0 amide bonds. The molecule has 0 saturated heterocycles. The smallest absolute Gasteiger partial charge is 0.134 e. The standard InChI is InChI=1S/C11H15NOS/c1-4-5-6-9(12-2)11-10(13-3)7-8-14-11/h1,7-9,12H,5-6H2,2-3H3. The van der Waals surface area contributed by atoms with E-state index >= 15 is 0 Å². The first-order valence-electron chi connectivity index (χ1n) is 4.55. The van der Waals surface area contributed by atoms with Crippen molar-refractivity contribution in [2.24, 2.45) is 0 Å². The van der Waals surface area contributed by atoms with E-state index in [4.69, 9.17) is 11.2 Å². The average molecular weight is 209 g/mol. The van der Waals surface area contributed by atoms with Gasteiger partial charge in [-0.1, -0.05) is 0 Å². The molecule has 0 fully saturated rings. The highest BCUT2D eigenvalue weighted by Crippen LogP contribution is 2.32. The highest BCUT2D eigenvalue weighted by atomic mass is 32.1. The van der Waals surface area contributed by atoms with E-state index in [2.05, 4.69) is 11.2 Å². The topological polar surface area (TPSA) is 21.3 Å². The molecule has 0 aliphatic carbocycles. The monoisotopic (exact) mass is 209 g/mol. The Kier molecular flexibility index (Phi) is 4.51. The third-order valence-electron chi connectivity index (χ3n) is 2.12. The minimum atomic E-state index is 0.306. The van der Waals surface area contributed by atoms with Crippen LogP contribution in [0.1, 0.15) is 23.8 Å². The van der Waals surface area contributed by atoms with Crippen LogP contribution < -0.4 is 10.1 Å². The molecule has 3 heteroatoms. The summed E-state index contributed by atoms with van der Waals surface area (Å²) in [7, 11) is 3.64. The SMILES string of the molecule is C#CCCC(NC)c1sccc1OC. The normalized spacial score (nSPS) is 12.1. The molecule has 0 aromatic carbocycles. The Bertz CT molecular complexity index is 313. The molecule has 0 bridgehead atoms. The van der Waals surface area contributed by atoms with Crippen LogP contribution in [0.15, 0.2) is 11.4 Å². The second-order valence-corrected chi connectivity index (χ2v) is 3.88. The Morgan fingerprint density at radius 3 is 3.07 bits per heavy atom. The molecule has 0 aliphatic heterocycles. The number of hydrogen-bond acceptors (Lipinski definition) is 3. The molecule has 1 aromatic heterocycles. The van der Waals surface area contributed by atoms with Gasteiger partial charge in [0.2, 0.25) is 0 Å². The predicted molar refractivity (Wildman–Crippen MR) is 60.7 cm³/mol. The molecule has 14 heavy (non-hydrogen) atoms. The summed E-state index contributed by atoms with van der Waals surface area (Å²) in [6.45, 7) is 0. The summed E-state index contributed by atoms with van der Waals surface area (Å²) in [5.74, 6) is 3.61. The first-order valence-corrected chi connectivity index (χ1v) is 5.43. The maximum absolute atomic E-state index is 5.27. The van der Waals surface area contributed by atoms with Gasteiger partial charge in [-0.2, -0.15) is 0 Å². The lowest BCUT2D eigenvalue weighted by atomic mass is 10.1. The van der Waals surface area contributed by atoms with E-state index in [1.807, 2.05) is 18.5 Å². The Hall–Kier alpha value is -0.980. The quantitative estimate of drug-likeness (QED) is 0.752.